The van der Waals surface area contributed by atoms with E-state index in [1.807, 2.05) is 0 Å². The van der Waals surface area contributed by atoms with E-state index < -0.39 is 11.6 Å². The smallest absolute Gasteiger partial charge is 0.282 e. The second-order valence-corrected chi connectivity index (χ2v) is 6.75. The van der Waals surface area contributed by atoms with Crippen molar-refractivity contribution in [3.05, 3.63) is 69.2 Å². The predicted molar refractivity (Wildman–Crippen MR) is 103 cm³/mol. The fraction of sp³-hybridized carbons (Fsp3) is 0.222. The number of hydrogen-bond donors (Lipinski definition) is 2. The summed E-state index contributed by atoms with van der Waals surface area (Å²) < 4.78 is 36.1. The van der Waals surface area contributed by atoms with Gasteiger partial charge in [0.05, 0.1) is 10.0 Å². The number of rotatable bonds is 2. The van der Waals surface area contributed by atoms with E-state index >= 15 is 0 Å². The van der Waals surface area contributed by atoms with Crippen LogP contribution >= 0.6 is 23.2 Å². The number of hydrogen-bond acceptors (Lipinski definition) is 6. The molecule has 2 heterocycles. The van der Waals surface area contributed by atoms with E-state index in [9.17, 15) is 8.78 Å². The van der Waals surface area contributed by atoms with E-state index in [0.29, 0.717) is 24.3 Å². The summed E-state index contributed by atoms with van der Waals surface area (Å²) in [6.45, 7) is 0.708. The fourth-order valence-corrected chi connectivity index (χ4v) is 2.80. The van der Waals surface area contributed by atoms with E-state index in [1.54, 1.807) is 12.1 Å². The molecule has 4 rings (SSSR count). The van der Waals surface area contributed by atoms with Crippen molar-refractivity contribution < 1.29 is 18.3 Å². The maximum atomic E-state index is 13.1. The average Bonchev–Trinajstić information content (AvgIpc) is 3.29. The van der Waals surface area contributed by atoms with E-state index in [0.717, 1.165) is 0 Å². The van der Waals surface area contributed by atoms with Gasteiger partial charge in [-0.1, -0.05) is 35.3 Å². The molecular weight excluding hydrogens is 413 g/mol. The Labute approximate surface area is 169 Å². The van der Waals surface area contributed by atoms with Crippen LogP contribution in [0, 0.1) is 11.6 Å². The minimum atomic E-state index is -0.454. The first kappa shape index (κ1) is 20.2. The lowest BCUT2D eigenvalue weighted by Crippen LogP contribution is -2.10. The summed E-state index contributed by atoms with van der Waals surface area (Å²) in [7, 11) is 0. The number of nitrogens with zero attached hydrogens (tertiary/aromatic N) is 2. The lowest BCUT2D eigenvalue weighted by Gasteiger charge is -2.05. The average molecular weight is 429 g/mol. The molecule has 0 saturated carbocycles. The van der Waals surface area contributed by atoms with E-state index in [2.05, 4.69) is 9.98 Å². The SMILES string of the molecule is NC1=NC(c2ccc(Cl)c(F)c2)CO1.NC1=N[C@H](c2ccc(Cl)c(F)c2)CO1. The zero-order chi connectivity index (χ0) is 20.3. The topological polar surface area (TPSA) is 95.2 Å². The van der Waals surface area contributed by atoms with Gasteiger partial charge in [0.1, 0.15) is 36.9 Å². The minimum Gasteiger partial charge on any atom is -0.463 e. The van der Waals surface area contributed by atoms with E-state index in [-0.39, 0.29) is 34.2 Å². The van der Waals surface area contributed by atoms with Gasteiger partial charge in [0.2, 0.25) is 0 Å². The van der Waals surface area contributed by atoms with Crippen LogP contribution in [0.4, 0.5) is 8.78 Å². The third kappa shape index (κ3) is 4.82. The van der Waals surface area contributed by atoms with Gasteiger partial charge in [-0.3, -0.25) is 0 Å². The summed E-state index contributed by atoms with van der Waals surface area (Å²) in [5.74, 6) is -0.908. The zero-order valence-corrected chi connectivity index (χ0v) is 15.9. The normalized spacial score (nSPS) is 20.4. The summed E-state index contributed by atoms with van der Waals surface area (Å²) in [5, 5.41) is 0.203. The highest BCUT2D eigenvalue weighted by molar-refractivity contribution is 6.31. The molecule has 0 fully saturated rings. The molecule has 2 atom stereocenters. The van der Waals surface area contributed by atoms with Crippen LogP contribution in [-0.2, 0) is 9.47 Å². The molecule has 10 heteroatoms. The maximum absolute atomic E-state index is 13.1. The van der Waals surface area contributed by atoms with Crippen LogP contribution in [0.2, 0.25) is 10.0 Å². The Bertz CT molecular complexity index is 864. The Balaban J connectivity index is 0.000000161. The van der Waals surface area contributed by atoms with E-state index in [4.69, 9.17) is 44.1 Å². The minimum absolute atomic E-state index is 0.101. The van der Waals surface area contributed by atoms with Crippen molar-refractivity contribution in [2.45, 2.75) is 12.1 Å². The molecule has 2 aliphatic heterocycles. The van der Waals surface area contributed by atoms with Gasteiger partial charge < -0.3 is 20.9 Å². The van der Waals surface area contributed by atoms with Gasteiger partial charge in [-0.2, -0.15) is 0 Å². The highest BCUT2D eigenvalue weighted by Crippen LogP contribution is 2.26. The maximum Gasteiger partial charge on any atom is 0.282 e. The van der Waals surface area contributed by atoms with Gasteiger partial charge in [-0.15, -0.1) is 0 Å². The zero-order valence-electron chi connectivity index (χ0n) is 14.4. The van der Waals surface area contributed by atoms with Crippen molar-refractivity contribution in [2.24, 2.45) is 21.5 Å². The second-order valence-electron chi connectivity index (χ2n) is 5.94. The molecule has 6 nitrogen and oxygen atoms in total. The molecule has 0 spiro atoms. The monoisotopic (exact) mass is 428 g/mol. The van der Waals surface area contributed by atoms with Crippen molar-refractivity contribution >= 4 is 35.2 Å². The van der Waals surface area contributed by atoms with Crippen molar-refractivity contribution in [2.75, 3.05) is 13.2 Å². The molecule has 0 radical (unpaired) electrons. The van der Waals surface area contributed by atoms with Gasteiger partial charge in [0.15, 0.2) is 0 Å². The summed E-state index contributed by atoms with van der Waals surface area (Å²) in [6.07, 6.45) is 0. The fourth-order valence-electron chi connectivity index (χ4n) is 2.57. The van der Waals surface area contributed by atoms with Crippen LogP contribution in [0.15, 0.2) is 46.4 Å². The standard InChI is InChI=1S/2C9H8ClFN2O/c2*10-6-2-1-5(3-7(6)11)8-4-14-9(12)13-8/h2*1-3,8H,4H2,(H2,12,13)/t8-;/m0./s1. The first-order chi connectivity index (χ1) is 13.3. The molecule has 2 aromatic rings. The molecule has 4 N–H and O–H groups in total. The summed E-state index contributed by atoms with van der Waals surface area (Å²) >= 11 is 11.1. The van der Waals surface area contributed by atoms with Crippen LogP contribution in [0.5, 0.6) is 0 Å². The molecule has 0 saturated heterocycles. The molecule has 0 amide bonds. The Hall–Kier alpha value is -2.58. The van der Waals surface area contributed by atoms with Crippen LogP contribution in [0.3, 0.4) is 0 Å². The van der Waals surface area contributed by atoms with Gasteiger partial charge in [0.25, 0.3) is 12.0 Å². The van der Waals surface area contributed by atoms with Crippen LogP contribution in [-0.4, -0.2) is 25.3 Å². The highest BCUT2D eigenvalue weighted by atomic mass is 35.5. The number of nitrogens with two attached hydrogens (primary N) is 2. The quantitative estimate of drug-likeness (QED) is 0.761. The van der Waals surface area contributed by atoms with E-state index in [1.165, 1.54) is 24.3 Å². The number of benzene rings is 2. The molecule has 28 heavy (non-hydrogen) atoms. The summed E-state index contributed by atoms with van der Waals surface area (Å²) in [4.78, 5) is 7.98. The number of ether oxygens (including phenoxy) is 2. The number of halogens is 4. The van der Waals surface area contributed by atoms with Crippen molar-refractivity contribution in [3.8, 4) is 0 Å². The summed E-state index contributed by atoms with van der Waals surface area (Å²) in [5.41, 5.74) is 12.1. The number of aliphatic imine (C=N–C) groups is 2. The third-order valence-corrected chi connectivity index (χ3v) is 4.61. The molecule has 0 aromatic heterocycles. The Morgan fingerprint density at radius 2 is 1.18 bits per heavy atom. The number of amidine groups is 2. The van der Waals surface area contributed by atoms with Crippen LogP contribution in [0.25, 0.3) is 0 Å². The molecule has 0 aliphatic carbocycles. The van der Waals surface area contributed by atoms with Gasteiger partial charge in [0, 0.05) is 0 Å². The third-order valence-electron chi connectivity index (χ3n) is 4.00. The van der Waals surface area contributed by atoms with Crippen molar-refractivity contribution in [1.29, 1.82) is 0 Å². The molecule has 148 valence electrons. The molecule has 2 aliphatic rings. The van der Waals surface area contributed by atoms with Crippen molar-refractivity contribution in [1.82, 2.24) is 0 Å². The highest BCUT2D eigenvalue weighted by Gasteiger charge is 2.20. The second kappa shape index (κ2) is 8.62. The molecule has 0 bridgehead atoms. The Morgan fingerprint density at radius 1 is 0.786 bits per heavy atom. The lowest BCUT2D eigenvalue weighted by atomic mass is 10.1. The van der Waals surface area contributed by atoms with Crippen LogP contribution < -0.4 is 11.5 Å². The first-order valence-electron chi connectivity index (χ1n) is 8.15. The molecular formula is C18H16Cl2F2N4O2. The van der Waals surface area contributed by atoms with Crippen molar-refractivity contribution in [3.63, 3.8) is 0 Å². The summed E-state index contributed by atoms with van der Waals surface area (Å²) in [6, 6.07) is 8.95. The van der Waals surface area contributed by atoms with Crippen LogP contribution in [0.1, 0.15) is 23.2 Å². The Kier molecular flexibility index (Phi) is 6.21. The lowest BCUT2D eigenvalue weighted by molar-refractivity contribution is 0.314. The Morgan fingerprint density at radius 3 is 1.46 bits per heavy atom. The van der Waals surface area contributed by atoms with Gasteiger partial charge in [-0.05, 0) is 35.4 Å². The largest absolute Gasteiger partial charge is 0.463 e. The van der Waals surface area contributed by atoms with Gasteiger partial charge in [-0.25, -0.2) is 18.8 Å². The predicted octanol–water partition coefficient (Wildman–Crippen LogP) is 3.73. The van der Waals surface area contributed by atoms with Gasteiger partial charge >= 0.3 is 0 Å². The first-order valence-corrected chi connectivity index (χ1v) is 8.91. The molecule has 1 unspecified atom stereocenters. The molecule has 2 aromatic carbocycles.